The number of carbonyl (C=O) groups is 1. The predicted molar refractivity (Wildman–Crippen MR) is 89.9 cm³/mol. The van der Waals surface area contributed by atoms with Crippen molar-refractivity contribution < 1.29 is 4.79 Å². The number of benzene rings is 1. The Bertz CT molecular complexity index is 970. The van der Waals surface area contributed by atoms with Crippen molar-refractivity contribution in [3.63, 3.8) is 0 Å². The van der Waals surface area contributed by atoms with Gasteiger partial charge in [-0.1, -0.05) is 0 Å². The summed E-state index contributed by atoms with van der Waals surface area (Å²) >= 11 is 0. The Kier molecular flexibility index (Phi) is 3.41. The zero-order valence-electron chi connectivity index (χ0n) is 13.2. The molecule has 1 aliphatic rings. The fourth-order valence-corrected chi connectivity index (χ4v) is 2.69. The smallest absolute Gasteiger partial charge is 0.267 e. The van der Waals surface area contributed by atoms with Gasteiger partial charge in [0.05, 0.1) is 17.4 Å². The molecule has 0 aliphatic heterocycles. The van der Waals surface area contributed by atoms with Crippen molar-refractivity contribution in [3.8, 4) is 0 Å². The Labute approximate surface area is 137 Å². The molecule has 1 aliphatic carbocycles. The summed E-state index contributed by atoms with van der Waals surface area (Å²) in [6.07, 6.45) is 3.91. The lowest BCUT2D eigenvalue weighted by Crippen LogP contribution is -2.33. The highest BCUT2D eigenvalue weighted by atomic mass is 16.2. The molecule has 2 heterocycles. The number of H-pyrrole nitrogens is 1. The second-order valence-electron chi connectivity index (χ2n) is 6.15. The Hall–Kier alpha value is -2.96. The van der Waals surface area contributed by atoms with Crippen molar-refractivity contribution in [2.45, 2.75) is 31.7 Å². The van der Waals surface area contributed by atoms with Crippen molar-refractivity contribution in [3.05, 3.63) is 52.6 Å². The molecule has 1 atom stereocenters. The van der Waals surface area contributed by atoms with Crippen LogP contribution in [0.5, 0.6) is 0 Å². The van der Waals surface area contributed by atoms with E-state index in [0.717, 1.165) is 29.4 Å². The predicted octanol–water partition coefficient (Wildman–Crippen LogP) is 2.20. The van der Waals surface area contributed by atoms with Gasteiger partial charge in [0.25, 0.3) is 5.56 Å². The lowest BCUT2D eigenvalue weighted by Gasteiger charge is -2.15. The number of rotatable bonds is 4. The largest absolute Gasteiger partial charge is 0.324 e. The summed E-state index contributed by atoms with van der Waals surface area (Å²) in [5.41, 5.74) is 2.10. The Morgan fingerprint density at radius 3 is 2.96 bits per heavy atom. The maximum Gasteiger partial charge on any atom is 0.267 e. The van der Waals surface area contributed by atoms with E-state index in [1.54, 1.807) is 25.3 Å². The summed E-state index contributed by atoms with van der Waals surface area (Å²) in [4.78, 5) is 24.6. The molecule has 7 heteroatoms. The van der Waals surface area contributed by atoms with Crippen molar-refractivity contribution in [2.24, 2.45) is 0 Å². The molecule has 4 rings (SSSR count). The minimum atomic E-state index is -0.686. The number of fused-ring (bicyclic) bond motifs is 1. The van der Waals surface area contributed by atoms with Crippen LogP contribution in [-0.4, -0.2) is 25.9 Å². The highest BCUT2D eigenvalue weighted by Crippen LogP contribution is 2.38. The van der Waals surface area contributed by atoms with Gasteiger partial charge in [0.2, 0.25) is 5.91 Å². The molecule has 1 amide bonds. The fourth-order valence-electron chi connectivity index (χ4n) is 2.69. The molecular weight excluding hydrogens is 306 g/mol. The van der Waals surface area contributed by atoms with E-state index in [-0.39, 0.29) is 11.5 Å². The van der Waals surface area contributed by atoms with Gasteiger partial charge in [-0.2, -0.15) is 10.2 Å². The number of amides is 1. The number of aromatic amines is 1. The Balaban J connectivity index is 1.57. The zero-order valence-corrected chi connectivity index (χ0v) is 13.2. The van der Waals surface area contributed by atoms with Gasteiger partial charge in [0, 0.05) is 23.1 Å². The molecule has 1 saturated carbocycles. The second kappa shape index (κ2) is 5.59. The molecule has 1 aromatic carbocycles. The molecule has 122 valence electrons. The third kappa shape index (κ3) is 2.68. The highest BCUT2D eigenvalue weighted by molar-refractivity contribution is 5.95. The van der Waals surface area contributed by atoms with Crippen LogP contribution < -0.4 is 10.9 Å². The first kappa shape index (κ1) is 14.6. The lowest BCUT2D eigenvalue weighted by molar-refractivity contribution is -0.119. The summed E-state index contributed by atoms with van der Waals surface area (Å²) in [6.45, 7) is 1.68. The third-order valence-electron chi connectivity index (χ3n) is 4.30. The normalized spacial score (nSPS) is 15.4. The van der Waals surface area contributed by atoms with Gasteiger partial charge >= 0.3 is 0 Å². The van der Waals surface area contributed by atoms with Crippen LogP contribution in [0.15, 0.2) is 41.3 Å². The number of nitrogens with zero attached hydrogens (tertiary/aromatic N) is 3. The first-order valence-electron chi connectivity index (χ1n) is 7.95. The molecule has 0 saturated heterocycles. The van der Waals surface area contributed by atoms with Crippen LogP contribution in [0.4, 0.5) is 5.69 Å². The number of nitrogens with one attached hydrogen (secondary N) is 2. The average molecular weight is 323 g/mol. The van der Waals surface area contributed by atoms with E-state index in [9.17, 15) is 9.59 Å². The number of hydrogen-bond acceptors (Lipinski definition) is 4. The van der Waals surface area contributed by atoms with Crippen molar-refractivity contribution >= 4 is 22.5 Å². The summed E-state index contributed by atoms with van der Waals surface area (Å²) < 4.78 is 1.26. The van der Waals surface area contributed by atoms with Crippen molar-refractivity contribution in [2.75, 3.05) is 5.32 Å². The topological polar surface area (TPSA) is 92.7 Å². The molecule has 3 aromatic rings. The number of anilines is 1. The standard InChI is InChI=1S/C17H17N5O2/c1-10(22-16(23)7-6-14(21-22)11-2-3-11)17(24)19-13-5-4-12-9-18-20-15(12)8-13/h4-11H,2-3H2,1H3,(H,18,20)(H,19,24). The molecule has 0 bridgehead atoms. The van der Waals surface area contributed by atoms with E-state index in [4.69, 9.17) is 0 Å². The van der Waals surface area contributed by atoms with Gasteiger partial charge in [-0.15, -0.1) is 0 Å². The van der Waals surface area contributed by atoms with Crippen LogP contribution in [0.3, 0.4) is 0 Å². The van der Waals surface area contributed by atoms with Crippen molar-refractivity contribution in [1.29, 1.82) is 0 Å². The summed E-state index contributed by atoms with van der Waals surface area (Å²) in [5, 5.41) is 15.0. The maximum absolute atomic E-state index is 12.5. The summed E-state index contributed by atoms with van der Waals surface area (Å²) in [5.74, 6) is 0.145. The van der Waals surface area contributed by atoms with E-state index in [1.165, 1.54) is 10.7 Å². The van der Waals surface area contributed by atoms with Crippen LogP contribution in [0.25, 0.3) is 10.9 Å². The molecule has 0 spiro atoms. The third-order valence-corrected chi connectivity index (χ3v) is 4.30. The molecule has 2 N–H and O–H groups in total. The van der Waals surface area contributed by atoms with Gasteiger partial charge in [-0.3, -0.25) is 14.7 Å². The minimum absolute atomic E-state index is 0.272. The van der Waals surface area contributed by atoms with E-state index in [1.807, 2.05) is 12.1 Å². The molecule has 1 fully saturated rings. The van der Waals surface area contributed by atoms with Crippen LogP contribution in [0.1, 0.15) is 37.4 Å². The van der Waals surface area contributed by atoms with Crippen LogP contribution in [0.2, 0.25) is 0 Å². The monoisotopic (exact) mass is 323 g/mol. The molecule has 1 unspecified atom stereocenters. The lowest BCUT2D eigenvalue weighted by atomic mass is 10.2. The SMILES string of the molecule is CC(C(=O)Nc1ccc2cn[nH]c2c1)n1nc(C2CC2)ccc1=O. The van der Waals surface area contributed by atoms with Gasteiger partial charge in [-0.05, 0) is 44.0 Å². The summed E-state index contributed by atoms with van der Waals surface area (Å²) in [7, 11) is 0. The van der Waals surface area contributed by atoms with Gasteiger partial charge in [-0.25, -0.2) is 4.68 Å². The molecule has 24 heavy (non-hydrogen) atoms. The van der Waals surface area contributed by atoms with Crippen molar-refractivity contribution in [1.82, 2.24) is 20.0 Å². The molecule has 7 nitrogen and oxygen atoms in total. The average Bonchev–Trinajstić information content (AvgIpc) is 3.32. The first-order chi connectivity index (χ1) is 11.6. The van der Waals surface area contributed by atoms with Gasteiger partial charge in [0.15, 0.2) is 0 Å². The number of hydrogen-bond donors (Lipinski definition) is 2. The van der Waals surface area contributed by atoms with E-state index in [2.05, 4.69) is 20.6 Å². The van der Waals surface area contributed by atoms with E-state index >= 15 is 0 Å². The molecular formula is C17H17N5O2. The molecule has 2 aromatic heterocycles. The van der Waals surface area contributed by atoms with E-state index in [0.29, 0.717) is 11.6 Å². The fraction of sp³-hybridized carbons (Fsp3) is 0.294. The Morgan fingerprint density at radius 2 is 2.17 bits per heavy atom. The quantitative estimate of drug-likeness (QED) is 0.770. The first-order valence-corrected chi connectivity index (χ1v) is 7.95. The van der Waals surface area contributed by atoms with Crippen LogP contribution >= 0.6 is 0 Å². The number of carbonyl (C=O) groups excluding carboxylic acids is 1. The van der Waals surface area contributed by atoms with Crippen LogP contribution in [-0.2, 0) is 4.79 Å². The Morgan fingerprint density at radius 1 is 1.33 bits per heavy atom. The van der Waals surface area contributed by atoms with Gasteiger partial charge < -0.3 is 5.32 Å². The second-order valence-corrected chi connectivity index (χ2v) is 6.15. The highest BCUT2D eigenvalue weighted by Gasteiger charge is 2.27. The minimum Gasteiger partial charge on any atom is -0.324 e. The molecule has 0 radical (unpaired) electrons. The van der Waals surface area contributed by atoms with E-state index < -0.39 is 6.04 Å². The number of aromatic nitrogens is 4. The zero-order chi connectivity index (χ0) is 16.7. The summed E-state index contributed by atoms with van der Waals surface area (Å²) in [6, 6.07) is 8.04. The van der Waals surface area contributed by atoms with Crippen LogP contribution in [0, 0.1) is 0 Å². The van der Waals surface area contributed by atoms with Gasteiger partial charge in [0.1, 0.15) is 6.04 Å². The maximum atomic E-state index is 12.5.